The van der Waals surface area contributed by atoms with Gasteiger partial charge in [-0.1, -0.05) is 24.3 Å². The fourth-order valence-corrected chi connectivity index (χ4v) is 4.78. The average Bonchev–Trinajstić information content (AvgIpc) is 3.41. The molecule has 0 radical (unpaired) electrons. The Labute approximate surface area is 183 Å². The molecule has 31 heavy (non-hydrogen) atoms. The van der Waals surface area contributed by atoms with Gasteiger partial charge in [-0.2, -0.15) is 11.8 Å². The Kier molecular flexibility index (Phi) is 6.17. The number of anilines is 1. The minimum absolute atomic E-state index is 0.0307. The minimum Gasteiger partial charge on any atom is -0.468 e. The summed E-state index contributed by atoms with van der Waals surface area (Å²) in [6, 6.07) is 16.9. The summed E-state index contributed by atoms with van der Waals surface area (Å²) >= 11 is 1.59. The van der Waals surface area contributed by atoms with Crippen molar-refractivity contribution in [3.63, 3.8) is 0 Å². The Morgan fingerprint density at radius 1 is 1.06 bits per heavy atom. The molecule has 0 atom stereocenters. The van der Waals surface area contributed by atoms with E-state index in [-0.39, 0.29) is 17.2 Å². The third-order valence-corrected chi connectivity index (χ3v) is 6.59. The van der Waals surface area contributed by atoms with E-state index in [2.05, 4.69) is 10.0 Å². The number of nitrogens with one attached hydrogen (secondary N) is 2. The zero-order chi connectivity index (χ0) is 21.8. The normalized spacial score (nSPS) is 11.6. The SMILES string of the molecule is CSCc1c(C(=O)Nc2cccc(S(=O)(=O)NCc3ccco3)c2)oc2ccccc12. The lowest BCUT2D eigenvalue weighted by Crippen LogP contribution is -2.23. The number of furan rings is 2. The van der Waals surface area contributed by atoms with Crippen LogP contribution >= 0.6 is 11.8 Å². The number of carbonyl (C=O) groups is 1. The Morgan fingerprint density at radius 3 is 2.68 bits per heavy atom. The summed E-state index contributed by atoms with van der Waals surface area (Å²) in [5.74, 6) is 0.905. The summed E-state index contributed by atoms with van der Waals surface area (Å²) < 4.78 is 38.6. The third-order valence-electron chi connectivity index (χ3n) is 4.61. The van der Waals surface area contributed by atoms with Gasteiger partial charge < -0.3 is 14.2 Å². The molecule has 0 aliphatic rings. The molecule has 2 aromatic carbocycles. The molecule has 7 nitrogen and oxygen atoms in total. The van der Waals surface area contributed by atoms with E-state index in [4.69, 9.17) is 8.83 Å². The van der Waals surface area contributed by atoms with Crippen molar-refractivity contribution < 1.29 is 22.0 Å². The number of para-hydroxylation sites is 1. The number of hydrogen-bond acceptors (Lipinski definition) is 6. The number of benzene rings is 2. The molecular weight excluding hydrogens is 436 g/mol. The van der Waals surface area contributed by atoms with Crippen molar-refractivity contribution in [2.24, 2.45) is 0 Å². The lowest BCUT2D eigenvalue weighted by atomic mass is 10.1. The lowest BCUT2D eigenvalue weighted by molar-refractivity contribution is 0.0997. The molecule has 160 valence electrons. The van der Waals surface area contributed by atoms with Crippen LogP contribution in [0, 0.1) is 0 Å². The maximum Gasteiger partial charge on any atom is 0.291 e. The number of rotatable bonds is 8. The van der Waals surface area contributed by atoms with Gasteiger partial charge in [-0.05, 0) is 42.7 Å². The predicted octanol–water partition coefficient (Wildman–Crippen LogP) is 4.62. The first-order valence-electron chi connectivity index (χ1n) is 9.41. The number of sulfonamides is 1. The molecular formula is C22H20N2O5S2. The second kappa shape index (κ2) is 9.01. The highest BCUT2D eigenvalue weighted by molar-refractivity contribution is 7.97. The van der Waals surface area contributed by atoms with Crippen LogP contribution in [-0.2, 0) is 22.3 Å². The molecule has 0 unspecified atom stereocenters. The molecule has 2 N–H and O–H groups in total. The molecule has 0 fully saturated rings. The van der Waals surface area contributed by atoms with Crippen molar-refractivity contribution in [2.75, 3.05) is 11.6 Å². The fourth-order valence-electron chi connectivity index (χ4n) is 3.16. The number of carbonyl (C=O) groups excluding carboxylic acids is 1. The molecule has 0 aliphatic heterocycles. The molecule has 0 saturated carbocycles. The third kappa shape index (κ3) is 4.68. The van der Waals surface area contributed by atoms with Crippen LogP contribution in [0.15, 0.2) is 80.7 Å². The van der Waals surface area contributed by atoms with E-state index < -0.39 is 15.9 Å². The summed E-state index contributed by atoms with van der Waals surface area (Å²) in [6.07, 6.45) is 3.43. The number of amides is 1. The average molecular weight is 457 g/mol. The van der Waals surface area contributed by atoms with E-state index >= 15 is 0 Å². The molecule has 4 rings (SSSR count). The highest BCUT2D eigenvalue weighted by Crippen LogP contribution is 2.29. The molecule has 4 aromatic rings. The maximum absolute atomic E-state index is 12.9. The second-order valence-corrected chi connectivity index (χ2v) is 9.36. The van der Waals surface area contributed by atoms with Crippen LogP contribution in [0.4, 0.5) is 5.69 Å². The van der Waals surface area contributed by atoms with E-state index in [9.17, 15) is 13.2 Å². The number of fused-ring (bicyclic) bond motifs is 1. The van der Waals surface area contributed by atoms with Crippen LogP contribution in [0.2, 0.25) is 0 Å². The lowest BCUT2D eigenvalue weighted by Gasteiger charge is -2.09. The fraction of sp³-hybridized carbons (Fsp3) is 0.136. The Morgan fingerprint density at radius 2 is 1.90 bits per heavy atom. The Hall–Kier alpha value is -3.01. The number of thioether (sulfide) groups is 1. The van der Waals surface area contributed by atoms with Gasteiger partial charge in [0.2, 0.25) is 10.0 Å². The molecule has 0 bridgehead atoms. The van der Waals surface area contributed by atoms with Crippen LogP contribution in [0.3, 0.4) is 0 Å². The van der Waals surface area contributed by atoms with Gasteiger partial charge in [0.25, 0.3) is 5.91 Å². The van der Waals surface area contributed by atoms with E-state index in [1.807, 2.05) is 30.5 Å². The van der Waals surface area contributed by atoms with Gasteiger partial charge in [-0.3, -0.25) is 4.79 Å². The molecule has 0 saturated heterocycles. The van der Waals surface area contributed by atoms with E-state index in [1.54, 1.807) is 36.0 Å². The highest BCUT2D eigenvalue weighted by atomic mass is 32.2. The Balaban J connectivity index is 1.56. The molecule has 2 heterocycles. The number of hydrogen-bond donors (Lipinski definition) is 2. The van der Waals surface area contributed by atoms with Crippen LogP contribution in [0.25, 0.3) is 11.0 Å². The zero-order valence-corrected chi connectivity index (χ0v) is 18.3. The van der Waals surface area contributed by atoms with Crippen LogP contribution in [0.1, 0.15) is 21.9 Å². The van der Waals surface area contributed by atoms with Gasteiger partial charge in [-0.15, -0.1) is 0 Å². The first-order valence-corrected chi connectivity index (χ1v) is 12.3. The summed E-state index contributed by atoms with van der Waals surface area (Å²) in [7, 11) is -3.78. The first-order chi connectivity index (χ1) is 15.0. The van der Waals surface area contributed by atoms with E-state index in [1.165, 1.54) is 18.4 Å². The highest BCUT2D eigenvalue weighted by Gasteiger charge is 2.21. The van der Waals surface area contributed by atoms with Crippen molar-refractivity contribution in [1.29, 1.82) is 0 Å². The first kappa shape index (κ1) is 21.2. The van der Waals surface area contributed by atoms with E-state index in [0.717, 1.165) is 10.9 Å². The van der Waals surface area contributed by atoms with Crippen molar-refractivity contribution in [3.05, 3.63) is 84.0 Å². The zero-order valence-electron chi connectivity index (χ0n) is 16.6. The summed E-state index contributed by atoms with van der Waals surface area (Å²) in [4.78, 5) is 13.0. The van der Waals surface area contributed by atoms with Gasteiger partial charge >= 0.3 is 0 Å². The molecule has 2 aromatic heterocycles. The monoisotopic (exact) mass is 456 g/mol. The van der Waals surface area contributed by atoms with Gasteiger partial charge in [0, 0.05) is 22.4 Å². The van der Waals surface area contributed by atoms with Gasteiger partial charge in [0.1, 0.15) is 11.3 Å². The molecule has 0 spiro atoms. The minimum atomic E-state index is -3.78. The standard InChI is InChI=1S/C22H20N2O5S2/c1-30-14-19-18-9-2-3-10-20(18)29-21(19)22(25)24-15-6-4-8-17(12-15)31(26,27)23-13-16-7-5-11-28-16/h2-12,23H,13-14H2,1H3,(H,24,25). The van der Waals surface area contributed by atoms with Gasteiger partial charge in [-0.25, -0.2) is 13.1 Å². The topological polar surface area (TPSA) is 102 Å². The summed E-state index contributed by atoms with van der Waals surface area (Å²) in [5, 5.41) is 3.64. The molecule has 1 amide bonds. The van der Waals surface area contributed by atoms with Gasteiger partial charge in [0.05, 0.1) is 17.7 Å². The molecule has 9 heteroatoms. The van der Waals surface area contributed by atoms with Crippen molar-refractivity contribution in [3.8, 4) is 0 Å². The van der Waals surface area contributed by atoms with Gasteiger partial charge in [0.15, 0.2) is 5.76 Å². The van der Waals surface area contributed by atoms with Crippen LogP contribution in [-0.4, -0.2) is 20.6 Å². The van der Waals surface area contributed by atoms with E-state index in [0.29, 0.717) is 22.8 Å². The quantitative estimate of drug-likeness (QED) is 0.401. The van der Waals surface area contributed by atoms with Crippen molar-refractivity contribution >= 4 is 44.3 Å². The van der Waals surface area contributed by atoms with Crippen molar-refractivity contribution in [2.45, 2.75) is 17.2 Å². The van der Waals surface area contributed by atoms with Crippen LogP contribution < -0.4 is 10.0 Å². The second-order valence-electron chi connectivity index (χ2n) is 6.72. The predicted molar refractivity (Wildman–Crippen MR) is 121 cm³/mol. The maximum atomic E-state index is 12.9. The largest absolute Gasteiger partial charge is 0.468 e. The molecule has 0 aliphatic carbocycles. The smallest absolute Gasteiger partial charge is 0.291 e. The van der Waals surface area contributed by atoms with Crippen molar-refractivity contribution in [1.82, 2.24) is 4.72 Å². The summed E-state index contributed by atoms with van der Waals surface area (Å²) in [6.45, 7) is 0.0307. The Bertz CT molecular complexity index is 1310. The summed E-state index contributed by atoms with van der Waals surface area (Å²) in [5.41, 5.74) is 1.79. The van der Waals surface area contributed by atoms with Crippen LogP contribution in [0.5, 0.6) is 0 Å².